The molecule has 2 aromatic carbocycles. The van der Waals surface area contributed by atoms with E-state index in [0.717, 1.165) is 4.90 Å². The fourth-order valence-corrected chi connectivity index (χ4v) is 3.19. The molecule has 24 heavy (non-hydrogen) atoms. The van der Waals surface area contributed by atoms with Crippen LogP contribution in [0.2, 0.25) is 10.0 Å². The van der Waals surface area contributed by atoms with Gasteiger partial charge in [0.15, 0.2) is 0 Å². The molecule has 0 aliphatic carbocycles. The van der Waals surface area contributed by atoms with Crippen molar-refractivity contribution >= 4 is 52.5 Å². The topological polar surface area (TPSA) is 55.4 Å². The summed E-state index contributed by atoms with van der Waals surface area (Å²) in [4.78, 5) is 24.8. The molecular formula is C17H15Cl2NO3S. The lowest BCUT2D eigenvalue weighted by Gasteiger charge is -2.10. The highest BCUT2D eigenvalue weighted by Gasteiger charge is 2.14. The first kappa shape index (κ1) is 18.6. The number of benzene rings is 2. The third-order valence-corrected chi connectivity index (χ3v) is 4.68. The number of nitrogens with one attached hydrogen (secondary N) is 1. The Morgan fingerprint density at radius 2 is 1.92 bits per heavy atom. The zero-order valence-corrected chi connectivity index (χ0v) is 15.2. The van der Waals surface area contributed by atoms with Gasteiger partial charge >= 0.3 is 5.97 Å². The summed E-state index contributed by atoms with van der Waals surface area (Å²) in [5, 5.41) is 3.80. The molecule has 1 N–H and O–H groups in total. The van der Waals surface area contributed by atoms with Gasteiger partial charge in [-0.3, -0.25) is 4.79 Å². The predicted octanol–water partition coefficient (Wildman–Crippen LogP) is 4.90. The zero-order chi connectivity index (χ0) is 17.5. The largest absolute Gasteiger partial charge is 0.462 e. The van der Waals surface area contributed by atoms with Gasteiger partial charge < -0.3 is 10.1 Å². The molecule has 0 saturated carbocycles. The average Bonchev–Trinajstić information content (AvgIpc) is 2.56. The monoisotopic (exact) mass is 383 g/mol. The Morgan fingerprint density at radius 3 is 2.67 bits per heavy atom. The second kappa shape index (κ2) is 8.97. The normalized spacial score (nSPS) is 10.3. The summed E-state index contributed by atoms with van der Waals surface area (Å²) in [6.07, 6.45) is 0. The average molecular weight is 384 g/mol. The molecule has 2 aromatic rings. The molecule has 0 fully saturated rings. The molecule has 7 heteroatoms. The second-order valence-corrected chi connectivity index (χ2v) is 6.54. The Morgan fingerprint density at radius 1 is 1.17 bits per heavy atom. The molecule has 2 rings (SSSR count). The summed E-state index contributed by atoms with van der Waals surface area (Å²) >= 11 is 13.3. The number of esters is 1. The van der Waals surface area contributed by atoms with Gasteiger partial charge in [-0.15, -0.1) is 11.8 Å². The number of anilines is 1. The maximum atomic E-state index is 12.2. The fraction of sp³-hybridized carbons (Fsp3) is 0.176. The van der Waals surface area contributed by atoms with Crippen molar-refractivity contribution in [2.24, 2.45) is 0 Å². The summed E-state index contributed by atoms with van der Waals surface area (Å²) in [7, 11) is 0. The van der Waals surface area contributed by atoms with Gasteiger partial charge in [0, 0.05) is 9.92 Å². The first-order valence-corrected chi connectivity index (χ1v) is 8.89. The molecule has 0 radical (unpaired) electrons. The van der Waals surface area contributed by atoms with Crippen LogP contribution in [-0.4, -0.2) is 24.2 Å². The quantitative estimate of drug-likeness (QED) is 0.569. The van der Waals surface area contributed by atoms with Gasteiger partial charge in [0.2, 0.25) is 5.91 Å². The number of halogens is 2. The minimum Gasteiger partial charge on any atom is -0.462 e. The summed E-state index contributed by atoms with van der Waals surface area (Å²) in [5.41, 5.74) is 0.734. The third kappa shape index (κ3) is 5.16. The molecule has 1 amide bonds. The van der Waals surface area contributed by atoms with E-state index in [1.807, 2.05) is 0 Å². The molecular weight excluding hydrogens is 369 g/mol. The highest BCUT2D eigenvalue weighted by atomic mass is 35.5. The maximum absolute atomic E-state index is 12.2. The number of hydrogen-bond acceptors (Lipinski definition) is 4. The molecule has 126 valence electrons. The summed E-state index contributed by atoms with van der Waals surface area (Å²) in [6.45, 7) is 1.99. The SMILES string of the molecule is CCOC(=O)c1ccccc1NC(=O)CSc1cc(Cl)ccc1Cl. The highest BCUT2D eigenvalue weighted by Crippen LogP contribution is 2.30. The number of thioether (sulfide) groups is 1. The number of para-hydroxylation sites is 1. The molecule has 0 aromatic heterocycles. The van der Waals surface area contributed by atoms with E-state index >= 15 is 0 Å². The Kier molecular flexibility index (Phi) is 6.97. The van der Waals surface area contributed by atoms with Crippen LogP contribution in [0.3, 0.4) is 0 Å². The molecule has 0 saturated heterocycles. The van der Waals surface area contributed by atoms with Gasteiger partial charge in [0.1, 0.15) is 0 Å². The van der Waals surface area contributed by atoms with E-state index < -0.39 is 5.97 Å². The van der Waals surface area contributed by atoms with E-state index in [4.69, 9.17) is 27.9 Å². The van der Waals surface area contributed by atoms with Crippen molar-refractivity contribution in [3.05, 3.63) is 58.1 Å². The lowest BCUT2D eigenvalue weighted by Crippen LogP contribution is -2.17. The molecule has 0 aliphatic rings. The Bertz CT molecular complexity index is 752. The third-order valence-electron chi connectivity index (χ3n) is 2.95. The fourth-order valence-electron chi connectivity index (χ4n) is 1.90. The van der Waals surface area contributed by atoms with Crippen LogP contribution in [0.15, 0.2) is 47.4 Å². The van der Waals surface area contributed by atoms with Crippen molar-refractivity contribution in [2.75, 3.05) is 17.7 Å². The van der Waals surface area contributed by atoms with Crippen molar-refractivity contribution < 1.29 is 14.3 Å². The van der Waals surface area contributed by atoms with Gasteiger partial charge in [-0.05, 0) is 37.3 Å². The number of ether oxygens (including phenoxy) is 1. The van der Waals surface area contributed by atoms with Crippen LogP contribution in [0.4, 0.5) is 5.69 Å². The van der Waals surface area contributed by atoms with Gasteiger partial charge in [-0.2, -0.15) is 0 Å². The van der Waals surface area contributed by atoms with Gasteiger partial charge in [0.25, 0.3) is 0 Å². The number of carbonyl (C=O) groups is 2. The van der Waals surface area contributed by atoms with E-state index in [-0.39, 0.29) is 18.3 Å². The van der Waals surface area contributed by atoms with Gasteiger partial charge in [-0.1, -0.05) is 35.3 Å². The first-order valence-electron chi connectivity index (χ1n) is 7.15. The summed E-state index contributed by atoms with van der Waals surface area (Å²) in [5.74, 6) is -0.594. The molecule has 0 bridgehead atoms. The minimum atomic E-state index is -0.473. The van der Waals surface area contributed by atoms with E-state index in [1.54, 1.807) is 49.4 Å². The Balaban J connectivity index is 2.02. The first-order chi connectivity index (χ1) is 11.5. The lowest BCUT2D eigenvalue weighted by atomic mass is 10.2. The summed E-state index contributed by atoms with van der Waals surface area (Å²) in [6, 6.07) is 11.8. The number of carbonyl (C=O) groups excluding carboxylic acids is 2. The van der Waals surface area contributed by atoms with Gasteiger partial charge in [-0.25, -0.2) is 4.79 Å². The van der Waals surface area contributed by atoms with Crippen molar-refractivity contribution in [3.63, 3.8) is 0 Å². The Hall–Kier alpha value is -1.69. The molecule has 0 aliphatic heterocycles. The van der Waals surface area contributed by atoms with E-state index in [9.17, 15) is 9.59 Å². The van der Waals surface area contributed by atoms with Crippen molar-refractivity contribution in [2.45, 2.75) is 11.8 Å². The molecule has 0 atom stereocenters. The van der Waals surface area contributed by atoms with E-state index in [2.05, 4.69) is 5.32 Å². The number of hydrogen-bond donors (Lipinski definition) is 1. The molecule has 0 unspecified atom stereocenters. The van der Waals surface area contributed by atoms with Gasteiger partial charge in [0.05, 0.1) is 28.6 Å². The minimum absolute atomic E-state index is 0.136. The van der Waals surface area contributed by atoms with Crippen LogP contribution >= 0.6 is 35.0 Å². The van der Waals surface area contributed by atoms with Crippen LogP contribution in [-0.2, 0) is 9.53 Å². The highest BCUT2D eigenvalue weighted by molar-refractivity contribution is 8.00. The van der Waals surface area contributed by atoms with Crippen molar-refractivity contribution in [1.82, 2.24) is 0 Å². The lowest BCUT2D eigenvalue weighted by molar-refractivity contribution is -0.113. The standard InChI is InChI=1S/C17H15Cl2NO3S/c1-2-23-17(22)12-5-3-4-6-14(12)20-16(21)10-24-15-9-11(18)7-8-13(15)19/h3-9H,2,10H2,1H3,(H,20,21). The Labute approximate surface area is 154 Å². The zero-order valence-electron chi connectivity index (χ0n) is 12.8. The number of amides is 1. The maximum Gasteiger partial charge on any atom is 0.340 e. The summed E-state index contributed by atoms with van der Waals surface area (Å²) < 4.78 is 4.98. The van der Waals surface area contributed by atoms with Crippen molar-refractivity contribution in [1.29, 1.82) is 0 Å². The number of rotatable bonds is 6. The predicted molar refractivity (Wildman–Crippen MR) is 98.2 cm³/mol. The van der Waals surface area contributed by atoms with Crippen LogP contribution in [0.25, 0.3) is 0 Å². The molecule has 0 heterocycles. The van der Waals surface area contributed by atoms with E-state index in [0.29, 0.717) is 21.3 Å². The van der Waals surface area contributed by atoms with Crippen LogP contribution in [0.5, 0.6) is 0 Å². The van der Waals surface area contributed by atoms with Crippen molar-refractivity contribution in [3.8, 4) is 0 Å². The van der Waals surface area contributed by atoms with E-state index in [1.165, 1.54) is 11.8 Å². The molecule has 4 nitrogen and oxygen atoms in total. The smallest absolute Gasteiger partial charge is 0.340 e. The van der Waals surface area contributed by atoms with Crippen LogP contribution in [0, 0.1) is 0 Å². The van der Waals surface area contributed by atoms with Crippen LogP contribution < -0.4 is 5.32 Å². The second-order valence-electron chi connectivity index (χ2n) is 4.68. The van der Waals surface area contributed by atoms with Crippen LogP contribution in [0.1, 0.15) is 17.3 Å². The molecule has 0 spiro atoms.